The van der Waals surface area contributed by atoms with Gasteiger partial charge in [-0.25, -0.2) is 0 Å². The molecule has 0 bridgehead atoms. The highest BCUT2D eigenvalue weighted by Crippen LogP contribution is 2.32. The summed E-state index contributed by atoms with van der Waals surface area (Å²) in [4.78, 5) is 0. The Morgan fingerprint density at radius 1 is 1.11 bits per heavy atom. The van der Waals surface area contributed by atoms with Crippen LogP contribution in [0, 0.1) is 0 Å². The molecule has 1 unspecified atom stereocenters. The molecule has 1 atom stereocenters. The number of hydrogen-bond acceptors (Lipinski definition) is 1. The fraction of sp³-hybridized carbons (Fsp3) is 0.500. The quantitative estimate of drug-likeness (QED) is 0.813. The molecule has 1 nitrogen and oxygen atoms in total. The minimum atomic E-state index is -4.50. The molecule has 0 aliphatic carbocycles. The van der Waals surface area contributed by atoms with Gasteiger partial charge in [0.25, 0.3) is 0 Å². The molecule has 0 saturated carbocycles. The summed E-state index contributed by atoms with van der Waals surface area (Å²) in [5, 5.41) is 2.60. The van der Waals surface area contributed by atoms with Crippen LogP contribution in [0.5, 0.6) is 0 Å². The third-order valence-electron chi connectivity index (χ3n) is 2.68. The Kier molecular flexibility index (Phi) is 4.84. The van der Waals surface area contributed by atoms with Gasteiger partial charge in [-0.05, 0) is 31.2 Å². The van der Waals surface area contributed by atoms with Gasteiger partial charge >= 0.3 is 12.4 Å². The van der Waals surface area contributed by atoms with Crippen molar-refractivity contribution in [3.8, 4) is 0 Å². The van der Waals surface area contributed by atoms with Gasteiger partial charge in [-0.15, -0.1) is 0 Å². The summed E-state index contributed by atoms with van der Waals surface area (Å²) in [6.45, 7) is 0. The SMILES string of the molecule is CNC(CCC(F)(F)F)c1cccc(C(F)(F)F)c1. The molecule has 19 heavy (non-hydrogen) atoms. The van der Waals surface area contributed by atoms with Gasteiger partial charge in [-0.3, -0.25) is 0 Å². The minimum Gasteiger partial charge on any atom is -0.313 e. The van der Waals surface area contributed by atoms with Gasteiger partial charge < -0.3 is 5.32 Å². The lowest BCUT2D eigenvalue weighted by atomic mass is 9.99. The van der Waals surface area contributed by atoms with E-state index in [1.807, 2.05) is 0 Å². The van der Waals surface area contributed by atoms with Crippen LogP contribution in [0.3, 0.4) is 0 Å². The van der Waals surface area contributed by atoms with Crippen LogP contribution >= 0.6 is 0 Å². The maximum Gasteiger partial charge on any atom is 0.416 e. The van der Waals surface area contributed by atoms with Crippen LogP contribution in [-0.4, -0.2) is 13.2 Å². The second-order valence-corrected chi connectivity index (χ2v) is 4.12. The van der Waals surface area contributed by atoms with Crippen molar-refractivity contribution in [1.29, 1.82) is 0 Å². The van der Waals surface area contributed by atoms with Crippen LogP contribution in [0.2, 0.25) is 0 Å². The zero-order chi connectivity index (χ0) is 14.7. The van der Waals surface area contributed by atoms with Crippen molar-refractivity contribution in [2.45, 2.75) is 31.2 Å². The van der Waals surface area contributed by atoms with E-state index in [9.17, 15) is 26.3 Å². The fourth-order valence-corrected chi connectivity index (χ4v) is 1.72. The van der Waals surface area contributed by atoms with E-state index in [0.717, 1.165) is 12.1 Å². The second kappa shape index (κ2) is 5.81. The van der Waals surface area contributed by atoms with Crippen molar-refractivity contribution >= 4 is 0 Å². The van der Waals surface area contributed by atoms with Gasteiger partial charge in [0.15, 0.2) is 0 Å². The van der Waals surface area contributed by atoms with Gasteiger partial charge in [0.05, 0.1) is 5.56 Å². The number of alkyl halides is 6. The molecule has 0 aromatic heterocycles. The van der Waals surface area contributed by atoms with Gasteiger partial charge in [0.1, 0.15) is 0 Å². The lowest BCUT2D eigenvalue weighted by molar-refractivity contribution is -0.138. The van der Waals surface area contributed by atoms with Crippen molar-refractivity contribution in [3.05, 3.63) is 35.4 Å². The first-order valence-electron chi connectivity index (χ1n) is 5.54. The van der Waals surface area contributed by atoms with E-state index >= 15 is 0 Å². The summed E-state index contributed by atoms with van der Waals surface area (Å²) in [6.07, 6.45) is -10.2. The maximum absolute atomic E-state index is 12.5. The first-order valence-corrected chi connectivity index (χ1v) is 5.54. The Labute approximate surface area is 106 Å². The highest BCUT2D eigenvalue weighted by atomic mass is 19.4. The average Bonchev–Trinajstić information content (AvgIpc) is 2.27. The lowest BCUT2D eigenvalue weighted by Gasteiger charge is -2.19. The zero-order valence-electron chi connectivity index (χ0n) is 10.1. The molecule has 108 valence electrons. The van der Waals surface area contributed by atoms with Gasteiger partial charge in [0, 0.05) is 12.5 Å². The third-order valence-corrected chi connectivity index (χ3v) is 2.68. The zero-order valence-corrected chi connectivity index (χ0v) is 10.1. The molecule has 7 heteroatoms. The molecular weight excluding hydrogens is 272 g/mol. The highest BCUT2D eigenvalue weighted by molar-refractivity contribution is 5.28. The first kappa shape index (κ1) is 15.8. The van der Waals surface area contributed by atoms with Crippen molar-refractivity contribution in [2.75, 3.05) is 7.05 Å². The largest absolute Gasteiger partial charge is 0.416 e. The number of nitrogens with one attached hydrogen (secondary N) is 1. The van der Waals surface area contributed by atoms with Crippen molar-refractivity contribution in [3.63, 3.8) is 0 Å². The predicted molar refractivity (Wildman–Crippen MR) is 58.5 cm³/mol. The normalized spacial score (nSPS) is 14.5. The Morgan fingerprint density at radius 3 is 2.21 bits per heavy atom. The lowest BCUT2D eigenvalue weighted by Crippen LogP contribution is -2.20. The smallest absolute Gasteiger partial charge is 0.313 e. The summed E-state index contributed by atoms with van der Waals surface area (Å²) in [5.74, 6) is 0. The van der Waals surface area contributed by atoms with Crippen LogP contribution in [-0.2, 0) is 6.18 Å². The summed E-state index contributed by atoms with van der Waals surface area (Å²) in [7, 11) is 1.42. The minimum absolute atomic E-state index is 0.196. The summed E-state index contributed by atoms with van der Waals surface area (Å²) >= 11 is 0. The van der Waals surface area contributed by atoms with Gasteiger partial charge in [-0.2, -0.15) is 26.3 Å². The molecule has 1 N–H and O–H groups in total. The van der Waals surface area contributed by atoms with E-state index in [1.54, 1.807) is 0 Å². The molecular formula is C12H13F6N. The Morgan fingerprint density at radius 2 is 1.74 bits per heavy atom. The first-order chi connectivity index (χ1) is 8.63. The Bertz CT molecular complexity index is 409. The van der Waals surface area contributed by atoms with E-state index in [-0.39, 0.29) is 12.0 Å². The van der Waals surface area contributed by atoms with E-state index in [4.69, 9.17) is 0 Å². The molecule has 1 rings (SSSR count). The van der Waals surface area contributed by atoms with Crippen LogP contribution < -0.4 is 5.32 Å². The standard InChI is InChI=1S/C12H13F6N/c1-19-10(5-6-11(13,14)15)8-3-2-4-9(7-8)12(16,17)18/h2-4,7,10,19H,5-6H2,1H3. The monoisotopic (exact) mass is 285 g/mol. The number of halogens is 6. The van der Waals surface area contributed by atoms with Crippen LogP contribution in [0.1, 0.15) is 30.0 Å². The topological polar surface area (TPSA) is 12.0 Å². The number of hydrogen-bond donors (Lipinski definition) is 1. The molecule has 0 saturated heterocycles. The summed E-state index contributed by atoms with van der Waals surface area (Å²) in [5.41, 5.74) is -0.668. The molecule has 0 amide bonds. The fourth-order valence-electron chi connectivity index (χ4n) is 1.72. The average molecular weight is 285 g/mol. The van der Waals surface area contributed by atoms with Crippen LogP contribution in [0.15, 0.2) is 24.3 Å². The van der Waals surface area contributed by atoms with Crippen LogP contribution in [0.25, 0.3) is 0 Å². The van der Waals surface area contributed by atoms with E-state index < -0.39 is 30.4 Å². The van der Waals surface area contributed by atoms with Gasteiger partial charge in [0.2, 0.25) is 0 Å². The molecule has 0 aliphatic heterocycles. The second-order valence-electron chi connectivity index (χ2n) is 4.12. The Hall–Kier alpha value is -1.24. The molecule has 0 radical (unpaired) electrons. The number of rotatable bonds is 4. The van der Waals surface area contributed by atoms with Crippen molar-refractivity contribution in [1.82, 2.24) is 5.32 Å². The van der Waals surface area contributed by atoms with Crippen molar-refractivity contribution in [2.24, 2.45) is 0 Å². The number of benzene rings is 1. The van der Waals surface area contributed by atoms with Crippen molar-refractivity contribution < 1.29 is 26.3 Å². The van der Waals surface area contributed by atoms with E-state index in [1.165, 1.54) is 19.2 Å². The molecule has 0 aliphatic rings. The van der Waals surface area contributed by atoms with Crippen LogP contribution in [0.4, 0.5) is 26.3 Å². The maximum atomic E-state index is 12.5. The third kappa shape index (κ3) is 5.10. The molecule has 0 spiro atoms. The summed E-state index contributed by atoms with van der Waals surface area (Å²) in [6, 6.07) is 3.57. The molecule has 0 fully saturated rings. The van der Waals surface area contributed by atoms with E-state index in [2.05, 4.69) is 5.32 Å². The van der Waals surface area contributed by atoms with E-state index in [0.29, 0.717) is 0 Å². The van der Waals surface area contributed by atoms with Gasteiger partial charge in [-0.1, -0.05) is 12.1 Å². The molecule has 0 heterocycles. The molecule has 1 aromatic rings. The Balaban J connectivity index is 2.87. The highest BCUT2D eigenvalue weighted by Gasteiger charge is 2.32. The predicted octanol–water partition coefficient (Wildman–Crippen LogP) is 4.31. The summed E-state index contributed by atoms with van der Waals surface area (Å²) < 4.78 is 73.9. The molecule has 1 aromatic carbocycles.